The summed E-state index contributed by atoms with van der Waals surface area (Å²) in [6.07, 6.45) is 0. The normalized spacial score (nSPS) is 15.3. The molecule has 1 atom stereocenters. The minimum Gasteiger partial charge on any atom is -0.453 e. The Bertz CT molecular complexity index is 3500. The van der Waals surface area contributed by atoms with Crippen molar-refractivity contribution in [3.8, 4) is 5.69 Å². The second-order valence-electron chi connectivity index (χ2n) is 15.1. The smallest absolute Gasteiger partial charge is 0.159 e. The van der Waals surface area contributed by atoms with Crippen molar-refractivity contribution >= 4 is 99.4 Å². The van der Waals surface area contributed by atoms with Gasteiger partial charge in [0.2, 0.25) is 0 Å². The topological polar surface area (TPSA) is 42.5 Å². The van der Waals surface area contributed by atoms with E-state index in [1.54, 1.807) is 0 Å². The molecular formula is C52H31N3OS. The van der Waals surface area contributed by atoms with Crippen molar-refractivity contribution in [1.82, 2.24) is 9.88 Å². The van der Waals surface area contributed by atoms with E-state index in [0.29, 0.717) is 0 Å². The van der Waals surface area contributed by atoms with Gasteiger partial charge in [-0.1, -0.05) is 151 Å². The number of hydrogen-bond donors (Lipinski definition) is 1. The molecule has 2 aromatic heterocycles. The van der Waals surface area contributed by atoms with Crippen LogP contribution in [-0.4, -0.2) is 10.4 Å². The summed E-state index contributed by atoms with van der Waals surface area (Å²) in [4.78, 5) is 8.02. The second kappa shape index (κ2) is 11.7. The monoisotopic (exact) mass is 745 g/mol. The molecule has 0 saturated heterocycles. The van der Waals surface area contributed by atoms with Gasteiger partial charge in [0, 0.05) is 47.9 Å². The Kier molecular flexibility index (Phi) is 6.40. The molecule has 2 aliphatic heterocycles. The van der Waals surface area contributed by atoms with Crippen molar-refractivity contribution in [2.75, 3.05) is 0 Å². The van der Waals surface area contributed by atoms with E-state index in [9.17, 15) is 0 Å². The molecule has 1 N–H and O–H groups in total. The third kappa shape index (κ3) is 4.43. The third-order valence-corrected chi connectivity index (χ3v) is 13.2. The van der Waals surface area contributed by atoms with E-state index in [-0.39, 0.29) is 6.04 Å². The number of amidine groups is 1. The number of rotatable bonds is 3. The summed E-state index contributed by atoms with van der Waals surface area (Å²) >= 11 is 1.82. The van der Waals surface area contributed by atoms with E-state index in [1.165, 1.54) is 47.7 Å². The fourth-order valence-corrected chi connectivity index (χ4v) is 10.7. The summed E-state index contributed by atoms with van der Waals surface area (Å²) in [7, 11) is 0. The Morgan fingerprint density at radius 2 is 1.12 bits per heavy atom. The molecule has 0 saturated carbocycles. The van der Waals surface area contributed by atoms with Crippen LogP contribution in [0.5, 0.6) is 0 Å². The van der Waals surface area contributed by atoms with Crippen molar-refractivity contribution in [3.63, 3.8) is 0 Å². The zero-order chi connectivity index (χ0) is 37.2. The van der Waals surface area contributed by atoms with Crippen LogP contribution in [0.3, 0.4) is 0 Å². The molecule has 266 valence electrons. The quantitative estimate of drug-likeness (QED) is 0.196. The highest BCUT2D eigenvalue weighted by Gasteiger charge is 2.35. The first-order chi connectivity index (χ1) is 28.3. The highest BCUT2D eigenvalue weighted by molar-refractivity contribution is 8.03. The van der Waals surface area contributed by atoms with Crippen LogP contribution in [0, 0.1) is 0 Å². The van der Waals surface area contributed by atoms with Crippen LogP contribution in [0.2, 0.25) is 0 Å². The van der Waals surface area contributed by atoms with Gasteiger partial charge in [-0.2, -0.15) is 0 Å². The fraction of sp³-hybridized carbons (Fsp3) is 0.0192. The first-order valence-electron chi connectivity index (χ1n) is 19.4. The number of fused-ring (bicyclic) bond motifs is 15. The Morgan fingerprint density at radius 3 is 1.86 bits per heavy atom. The zero-order valence-corrected chi connectivity index (χ0v) is 31.3. The molecule has 57 heavy (non-hydrogen) atoms. The molecule has 0 radical (unpaired) electrons. The summed E-state index contributed by atoms with van der Waals surface area (Å²) in [5.41, 5.74) is 9.40. The maximum absolute atomic E-state index is 7.15. The standard InChI is InChI=1S/C52H31N3OS/c1-2-15-33(16-3-1)47-51-48(39-20-10-11-21-44(39)57-51)54-52(53-47)34-28-40-38-25-22-32-14-6-9-19-37(32)49(38)56-50(40)43(29-34)55-41-26-23-30-12-4-7-17-35(30)45(41)46-36-18-8-5-13-31(36)24-27-42(46)55/h1-29,48H,(H,53,54). The van der Waals surface area contributed by atoms with Crippen molar-refractivity contribution in [3.05, 3.63) is 198 Å². The van der Waals surface area contributed by atoms with Crippen LogP contribution in [0.1, 0.15) is 22.7 Å². The highest BCUT2D eigenvalue weighted by atomic mass is 32.2. The van der Waals surface area contributed by atoms with E-state index >= 15 is 0 Å². The van der Waals surface area contributed by atoms with E-state index in [4.69, 9.17) is 9.41 Å². The van der Waals surface area contributed by atoms with Gasteiger partial charge in [0.25, 0.3) is 0 Å². The molecule has 4 heterocycles. The number of furan rings is 1. The number of aliphatic imine (C=N–C) groups is 1. The summed E-state index contributed by atoms with van der Waals surface area (Å²) in [5.74, 6) is 0.842. The predicted molar refractivity (Wildman–Crippen MR) is 239 cm³/mol. The molecule has 4 nitrogen and oxygen atoms in total. The van der Waals surface area contributed by atoms with Crippen LogP contribution in [-0.2, 0) is 0 Å². The number of hydrogen-bond acceptors (Lipinski definition) is 4. The van der Waals surface area contributed by atoms with Crippen LogP contribution >= 0.6 is 11.8 Å². The average molecular weight is 746 g/mol. The van der Waals surface area contributed by atoms with Gasteiger partial charge in [0.15, 0.2) is 5.58 Å². The molecule has 11 aromatic rings. The van der Waals surface area contributed by atoms with Gasteiger partial charge < -0.3 is 14.3 Å². The van der Waals surface area contributed by atoms with E-state index in [0.717, 1.165) is 72.1 Å². The molecule has 0 aliphatic carbocycles. The molecule has 0 spiro atoms. The van der Waals surface area contributed by atoms with Gasteiger partial charge in [-0.3, -0.25) is 0 Å². The van der Waals surface area contributed by atoms with Crippen LogP contribution < -0.4 is 5.32 Å². The number of nitrogens with one attached hydrogen (secondary N) is 1. The number of thioether (sulfide) groups is 1. The van der Waals surface area contributed by atoms with E-state index in [1.807, 2.05) is 11.8 Å². The second-order valence-corrected chi connectivity index (χ2v) is 16.2. The van der Waals surface area contributed by atoms with Crippen molar-refractivity contribution < 1.29 is 4.42 Å². The molecule has 1 unspecified atom stereocenters. The van der Waals surface area contributed by atoms with Crippen LogP contribution in [0.25, 0.3) is 87.4 Å². The number of benzene rings is 9. The highest BCUT2D eigenvalue weighted by Crippen LogP contribution is 2.52. The molecule has 5 heteroatoms. The number of nitrogens with zero attached hydrogens (tertiary/aromatic N) is 2. The number of aromatic nitrogens is 1. The first kappa shape index (κ1) is 31.2. The minimum atomic E-state index is -0.0101. The van der Waals surface area contributed by atoms with Gasteiger partial charge in [-0.05, 0) is 68.9 Å². The third-order valence-electron chi connectivity index (χ3n) is 12.0. The van der Waals surface area contributed by atoms with Crippen molar-refractivity contribution in [1.29, 1.82) is 0 Å². The van der Waals surface area contributed by atoms with Crippen LogP contribution in [0.15, 0.2) is 195 Å². The Balaban J connectivity index is 1.16. The summed E-state index contributed by atoms with van der Waals surface area (Å²) in [5, 5.41) is 15.7. The predicted octanol–water partition coefficient (Wildman–Crippen LogP) is 13.7. The maximum Gasteiger partial charge on any atom is 0.159 e. The van der Waals surface area contributed by atoms with Crippen LogP contribution in [0.4, 0.5) is 0 Å². The van der Waals surface area contributed by atoms with Gasteiger partial charge in [0.1, 0.15) is 11.4 Å². The molecule has 2 aliphatic rings. The minimum absolute atomic E-state index is 0.0101. The summed E-state index contributed by atoms with van der Waals surface area (Å²) in [6.45, 7) is 0. The summed E-state index contributed by atoms with van der Waals surface area (Å²) in [6, 6.07) is 63.4. The van der Waals surface area contributed by atoms with Crippen molar-refractivity contribution in [2.45, 2.75) is 10.9 Å². The fourth-order valence-electron chi connectivity index (χ4n) is 9.44. The Morgan fingerprint density at radius 1 is 0.509 bits per heavy atom. The molecule has 0 bridgehead atoms. The lowest BCUT2D eigenvalue weighted by Crippen LogP contribution is -2.32. The van der Waals surface area contributed by atoms with Gasteiger partial charge in [-0.25, -0.2) is 4.99 Å². The van der Waals surface area contributed by atoms with Gasteiger partial charge in [-0.15, -0.1) is 0 Å². The van der Waals surface area contributed by atoms with E-state index in [2.05, 4.69) is 186 Å². The Hall–Kier alpha value is -7.08. The lowest BCUT2D eigenvalue weighted by molar-refractivity contribution is 0.670. The molecular weight excluding hydrogens is 715 g/mol. The lowest BCUT2D eigenvalue weighted by atomic mass is 9.99. The van der Waals surface area contributed by atoms with E-state index < -0.39 is 0 Å². The first-order valence-corrected chi connectivity index (χ1v) is 20.2. The molecule has 9 aromatic carbocycles. The van der Waals surface area contributed by atoms with Crippen molar-refractivity contribution in [2.24, 2.45) is 4.99 Å². The Labute approximate surface area is 331 Å². The molecule has 0 fully saturated rings. The maximum atomic E-state index is 7.15. The lowest BCUT2D eigenvalue weighted by Gasteiger charge is -2.26. The molecule has 0 amide bonds. The van der Waals surface area contributed by atoms with Gasteiger partial charge in [0.05, 0.1) is 28.5 Å². The largest absolute Gasteiger partial charge is 0.453 e. The zero-order valence-electron chi connectivity index (χ0n) is 30.5. The summed E-state index contributed by atoms with van der Waals surface area (Å²) < 4.78 is 9.58. The molecule has 13 rings (SSSR count). The van der Waals surface area contributed by atoms with Gasteiger partial charge >= 0.3 is 0 Å². The average Bonchev–Trinajstić information content (AvgIpc) is 3.96. The SMILES string of the molecule is c1ccc(C2=C3Sc4ccccc4C3NC(c3cc(-n4c5ccc6ccccc6c5c5c6ccccc6ccc54)c4oc5c6ccccc6ccc5c4c3)=N2)cc1.